The number of hydrogen-bond acceptors (Lipinski definition) is 4. The van der Waals surface area contributed by atoms with Crippen LogP contribution in [0.1, 0.15) is 10.4 Å². The van der Waals surface area contributed by atoms with Crippen LogP contribution in [0.25, 0.3) is 21.5 Å². The number of fused-ring (bicyclic) bond motifs is 2. The van der Waals surface area contributed by atoms with Gasteiger partial charge < -0.3 is 14.9 Å². The summed E-state index contributed by atoms with van der Waals surface area (Å²) in [6.45, 7) is 0. The van der Waals surface area contributed by atoms with E-state index in [-0.39, 0.29) is 17.2 Å². The summed E-state index contributed by atoms with van der Waals surface area (Å²) in [4.78, 5) is 12.6. The van der Waals surface area contributed by atoms with Gasteiger partial charge in [0.25, 0.3) is 0 Å². The zero-order chi connectivity index (χ0) is 17.4. The molecule has 0 aliphatic heterocycles. The number of ether oxygens (including phenoxy) is 1. The average molecular weight is 330 g/mol. The monoisotopic (exact) mass is 330 g/mol. The van der Waals surface area contributed by atoms with Crippen LogP contribution < -0.4 is 4.74 Å². The highest BCUT2D eigenvalue weighted by molar-refractivity contribution is 6.05. The summed E-state index contributed by atoms with van der Waals surface area (Å²) < 4.78 is 5.42. The van der Waals surface area contributed by atoms with Crippen LogP contribution in [0.2, 0.25) is 0 Å². The quantitative estimate of drug-likeness (QED) is 0.415. The van der Waals surface area contributed by atoms with E-state index >= 15 is 0 Å². The molecule has 4 aromatic rings. The Kier molecular flexibility index (Phi) is 3.51. The van der Waals surface area contributed by atoms with Crippen molar-refractivity contribution in [1.82, 2.24) is 0 Å². The summed E-state index contributed by atoms with van der Waals surface area (Å²) in [5.41, 5.74) is 0.425. The molecule has 4 heteroatoms. The van der Waals surface area contributed by atoms with E-state index in [1.54, 1.807) is 24.3 Å². The van der Waals surface area contributed by atoms with Gasteiger partial charge in [-0.05, 0) is 40.4 Å². The minimum absolute atomic E-state index is 0.0281. The maximum Gasteiger partial charge on any atom is 0.344 e. The summed E-state index contributed by atoms with van der Waals surface area (Å²) in [7, 11) is 0. The van der Waals surface area contributed by atoms with E-state index in [1.807, 2.05) is 30.3 Å². The summed E-state index contributed by atoms with van der Waals surface area (Å²) >= 11 is 0. The number of carbonyl (C=O) groups excluding carboxylic acids is 1. The second kappa shape index (κ2) is 5.83. The molecule has 0 heterocycles. The molecular formula is C21H14O4. The lowest BCUT2D eigenvalue weighted by atomic mass is 10.0. The highest BCUT2D eigenvalue weighted by atomic mass is 16.5. The fourth-order valence-electron chi connectivity index (χ4n) is 2.91. The smallest absolute Gasteiger partial charge is 0.344 e. The van der Waals surface area contributed by atoms with Crippen LogP contribution in [0.5, 0.6) is 17.2 Å². The molecule has 0 atom stereocenters. The van der Waals surface area contributed by atoms with E-state index in [0.717, 1.165) is 16.2 Å². The molecule has 2 N–H and O–H groups in total. The van der Waals surface area contributed by atoms with Gasteiger partial charge in [-0.2, -0.15) is 0 Å². The topological polar surface area (TPSA) is 66.8 Å². The zero-order valence-electron chi connectivity index (χ0n) is 13.1. The number of aromatic hydroxyl groups is 2. The van der Waals surface area contributed by atoms with Gasteiger partial charge in [-0.25, -0.2) is 4.79 Å². The Morgan fingerprint density at radius 2 is 1.48 bits per heavy atom. The van der Waals surface area contributed by atoms with Crippen LogP contribution in [-0.4, -0.2) is 16.2 Å². The van der Waals surface area contributed by atoms with Crippen molar-refractivity contribution in [1.29, 1.82) is 0 Å². The maximum absolute atomic E-state index is 12.6. The first-order valence-corrected chi connectivity index (χ1v) is 7.78. The van der Waals surface area contributed by atoms with Gasteiger partial charge >= 0.3 is 5.97 Å². The molecule has 0 unspecified atom stereocenters. The fraction of sp³-hybridized carbons (Fsp3) is 0. The largest absolute Gasteiger partial charge is 0.508 e. The summed E-state index contributed by atoms with van der Waals surface area (Å²) in [5, 5.41) is 22.9. The van der Waals surface area contributed by atoms with E-state index in [1.165, 1.54) is 18.2 Å². The Balaban J connectivity index is 1.75. The molecular weight excluding hydrogens is 316 g/mol. The van der Waals surface area contributed by atoms with E-state index in [2.05, 4.69) is 0 Å². The highest BCUT2D eigenvalue weighted by Gasteiger charge is 2.16. The van der Waals surface area contributed by atoms with Crippen LogP contribution in [0.3, 0.4) is 0 Å². The van der Waals surface area contributed by atoms with Crippen LogP contribution in [-0.2, 0) is 0 Å². The number of carbonyl (C=O) groups is 1. The number of phenols is 2. The van der Waals surface area contributed by atoms with Gasteiger partial charge in [-0.1, -0.05) is 48.5 Å². The van der Waals surface area contributed by atoms with Crippen LogP contribution >= 0.6 is 0 Å². The van der Waals surface area contributed by atoms with E-state index in [0.29, 0.717) is 10.9 Å². The molecule has 4 nitrogen and oxygen atoms in total. The Labute approximate surface area is 143 Å². The lowest BCUT2D eigenvalue weighted by Crippen LogP contribution is -2.09. The summed E-state index contributed by atoms with van der Waals surface area (Å²) in [5.74, 6) is -0.648. The SMILES string of the molecule is O=C(Oc1ccc2ccc(O)cc2c1O)c1cccc2ccccc12. The van der Waals surface area contributed by atoms with Gasteiger partial charge in [-0.3, -0.25) is 0 Å². The first kappa shape index (κ1) is 15.0. The molecule has 0 bridgehead atoms. The predicted molar refractivity (Wildman–Crippen MR) is 96.2 cm³/mol. The standard InChI is InChI=1S/C21H14O4/c22-15-10-8-14-9-11-19(20(23)18(14)12-15)25-21(24)17-7-3-5-13-4-1-2-6-16(13)17/h1-12,22-23H. The molecule has 4 rings (SSSR count). The van der Waals surface area contributed by atoms with Gasteiger partial charge in [0.2, 0.25) is 0 Å². The molecule has 0 spiro atoms. The second-order valence-electron chi connectivity index (χ2n) is 5.73. The number of phenolic OH excluding ortho intramolecular Hbond substituents is 2. The van der Waals surface area contributed by atoms with Crippen LogP contribution in [0.15, 0.2) is 72.8 Å². The first-order valence-electron chi connectivity index (χ1n) is 7.78. The molecule has 4 aromatic carbocycles. The molecule has 0 saturated carbocycles. The number of benzene rings is 4. The molecule has 0 fully saturated rings. The van der Waals surface area contributed by atoms with E-state index < -0.39 is 5.97 Å². The fourth-order valence-corrected chi connectivity index (χ4v) is 2.91. The molecule has 122 valence electrons. The van der Waals surface area contributed by atoms with Gasteiger partial charge in [0.15, 0.2) is 11.5 Å². The van der Waals surface area contributed by atoms with Crippen molar-refractivity contribution in [2.75, 3.05) is 0 Å². The molecule has 0 saturated heterocycles. The van der Waals surface area contributed by atoms with Crippen molar-refractivity contribution in [3.63, 3.8) is 0 Å². The van der Waals surface area contributed by atoms with Crippen LogP contribution in [0.4, 0.5) is 0 Å². The predicted octanol–water partition coefficient (Wildman–Crippen LogP) is 4.62. The normalized spacial score (nSPS) is 10.9. The lowest BCUT2D eigenvalue weighted by molar-refractivity contribution is 0.0732. The highest BCUT2D eigenvalue weighted by Crippen LogP contribution is 2.36. The number of rotatable bonds is 2. The minimum atomic E-state index is -0.549. The number of esters is 1. The van der Waals surface area contributed by atoms with Gasteiger partial charge in [0, 0.05) is 5.39 Å². The van der Waals surface area contributed by atoms with Crippen molar-refractivity contribution in [2.45, 2.75) is 0 Å². The zero-order valence-corrected chi connectivity index (χ0v) is 13.1. The van der Waals surface area contributed by atoms with Gasteiger partial charge in [0.1, 0.15) is 5.75 Å². The Morgan fingerprint density at radius 1 is 0.760 bits per heavy atom. The third kappa shape index (κ3) is 2.64. The van der Waals surface area contributed by atoms with Crippen molar-refractivity contribution < 1.29 is 19.7 Å². The molecule has 0 aromatic heterocycles. The van der Waals surface area contributed by atoms with E-state index in [9.17, 15) is 15.0 Å². The van der Waals surface area contributed by atoms with Crippen molar-refractivity contribution in [3.05, 3.63) is 78.4 Å². The Morgan fingerprint density at radius 3 is 2.36 bits per heavy atom. The lowest BCUT2D eigenvalue weighted by Gasteiger charge is -2.10. The molecule has 0 amide bonds. The Hall–Kier alpha value is -3.53. The molecule has 0 aliphatic rings. The second-order valence-corrected chi connectivity index (χ2v) is 5.73. The third-order valence-corrected chi connectivity index (χ3v) is 4.15. The molecule has 0 aliphatic carbocycles. The molecule has 0 radical (unpaired) electrons. The first-order chi connectivity index (χ1) is 12.1. The van der Waals surface area contributed by atoms with Gasteiger partial charge in [-0.15, -0.1) is 0 Å². The third-order valence-electron chi connectivity index (χ3n) is 4.15. The van der Waals surface area contributed by atoms with Crippen molar-refractivity contribution >= 4 is 27.5 Å². The minimum Gasteiger partial charge on any atom is -0.508 e. The van der Waals surface area contributed by atoms with Crippen molar-refractivity contribution in [2.24, 2.45) is 0 Å². The average Bonchev–Trinajstić information content (AvgIpc) is 2.64. The molecule has 25 heavy (non-hydrogen) atoms. The van der Waals surface area contributed by atoms with Crippen molar-refractivity contribution in [3.8, 4) is 17.2 Å². The van der Waals surface area contributed by atoms with Crippen LogP contribution in [0, 0.1) is 0 Å². The van der Waals surface area contributed by atoms with Gasteiger partial charge in [0.05, 0.1) is 5.56 Å². The van der Waals surface area contributed by atoms with E-state index in [4.69, 9.17) is 4.74 Å². The Bertz CT molecular complexity index is 1110. The summed E-state index contributed by atoms with van der Waals surface area (Å²) in [6.07, 6.45) is 0. The summed E-state index contributed by atoms with van der Waals surface area (Å²) in [6, 6.07) is 20.8. The number of hydrogen-bond donors (Lipinski definition) is 2. The maximum atomic E-state index is 12.6.